The minimum absolute atomic E-state index is 0.00410. The van der Waals surface area contributed by atoms with Crippen LogP contribution in [0.1, 0.15) is 52.7 Å². The van der Waals surface area contributed by atoms with Crippen LogP contribution in [-0.4, -0.2) is 30.0 Å². The average Bonchev–Trinajstić information content (AvgIpc) is 2.83. The molecule has 0 aromatic heterocycles. The molecule has 0 spiro atoms. The summed E-state index contributed by atoms with van der Waals surface area (Å²) in [5.74, 6) is 0.848. The third-order valence-corrected chi connectivity index (χ3v) is 5.17. The maximum absolute atomic E-state index is 9.59. The monoisotopic (exact) mass is 304 g/mol. The summed E-state index contributed by atoms with van der Waals surface area (Å²) in [6, 6.07) is 3.96. The number of aliphatic hydroxyl groups is 1. The Kier molecular flexibility index (Phi) is 3.41. The highest BCUT2D eigenvalue weighted by molar-refractivity contribution is 6.63. The molecule has 1 N–H and O–H groups in total. The fourth-order valence-corrected chi connectivity index (χ4v) is 2.94. The lowest BCUT2D eigenvalue weighted by Crippen LogP contribution is -2.41. The molecule has 3 rings (SSSR count). The van der Waals surface area contributed by atoms with Gasteiger partial charge in [0.15, 0.2) is 0 Å². The standard InChI is InChI=1S/C17H25BO4/c1-15(2)10-20-14-12(15)7-11(9-19)8-13(14)18-21-16(3,4)17(5,6)22-18/h7-8,19H,9-10H2,1-6H3. The van der Waals surface area contributed by atoms with Crippen LogP contribution in [0.15, 0.2) is 12.1 Å². The van der Waals surface area contributed by atoms with Crippen LogP contribution in [-0.2, 0) is 21.3 Å². The maximum Gasteiger partial charge on any atom is 0.498 e. The maximum atomic E-state index is 9.59. The Hall–Kier alpha value is -1.04. The summed E-state index contributed by atoms with van der Waals surface area (Å²) >= 11 is 0. The van der Waals surface area contributed by atoms with Crippen molar-refractivity contribution in [2.75, 3.05) is 6.61 Å². The van der Waals surface area contributed by atoms with Crippen molar-refractivity contribution >= 4 is 12.6 Å². The molecule has 1 saturated heterocycles. The van der Waals surface area contributed by atoms with Crippen LogP contribution < -0.4 is 10.2 Å². The smallest absolute Gasteiger partial charge is 0.493 e. The second-order valence-corrected chi connectivity index (χ2v) is 7.98. The van der Waals surface area contributed by atoms with E-state index < -0.39 is 18.3 Å². The van der Waals surface area contributed by atoms with Crippen molar-refractivity contribution in [1.29, 1.82) is 0 Å². The van der Waals surface area contributed by atoms with E-state index in [-0.39, 0.29) is 12.0 Å². The van der Waals surface area contributed by atoms with Gasteiger partial charge in [-0.2, -0.15) is 0 Å². The zero-order valence-corrected chi connectivity index (χ0v) is 14.3. The van der Waals surface area contributed by atoms with Crippen molar-refractivity contribution in [1.82, 2.24) is 0 Å². The number of fused-ring (bicyclic) bond motifs is 1. The average molecular weight is 304 g/mol. The molecule has 0 unspecified atom stereocenters. The predicted octanol–water partition coefficient (Wildman–Crippen LogP) is 2.15. The number of hydrogen-bond donors (Lipinski definition) is 1. The van der Waals surface area contributed by atoms with Crippen LogP contribution in [0.5, 0.6) is 5.75 Å². The molecule has 0 aliphatic carbocycles. The highest BCUT2D eigenvalue weighted by Crippen LogP contribution is 2.41. The summed E-state index contributed by atoms with van der Waals surface area (Å²) in [6.45, 7) is 13.1. The lowest BCUT2D eigenvalue weighted by atomic mass is 9.74. The Morgan fingerprint density at radius 2 is 1.64 bits per heavy atom. The molecule has 1 fully saturated rings. The highest BCUT2D eigenvalue weighted by Gasteiger charge is 2.53. The lowest BCUT2D eigenvalue weighted by molar-refractivity contribution is 0.00578. The minimum Gasteiger partial charge on any atom is -0.493 e. The normalized spacial score (nSPS) is 24.2. The van der Waals surface area contributed by atoms with E-state index in [1.807, 2.05) is 39.8 Å². The number of benzene rings is 1. The Bertz CT molecular complexity index is 591. The molecule has 1 aromatic rings. The van der Waals surface area contributed by atoms with Gasteiger partial charge in [0.25, 0.3) is 0 Å². The summed E-state index contributed by atoms with van der Waals surface area (Å²) in [6.07, 6.45) is 0. The van der Waals surface area contributed by atoms with Crippen molar-refractivity contribution < 1.29 is 19.2 Å². The van der Waals surface area contributed by atoms with Gasteiger partial charge < -0.3 is 19.2 Å². The van der Waals surface area contributed by atoms with Crippen LogP contribution in [0.4, 0.5) is 0 Å². The van der Waals surface area contributed by atoms with E-state index in [2.05, 4.69) is 13.8 Å². The molecule has 4 nitrogen and oxygen atoms in total. The molecule has 2 aliphatic heterocycles. The Balaban J connectivity index is 2.08. The van der Waals surface area contributed by atoms with Gasteiger partial charge in [0.2, 0.25) is 0 Å². The summed E-state index contributed by atoms with van der Waals surface area (Å²) in [5, 5.41) is 9.59. The van der Waals surface area contributed by atoms with Gasteiger partial charge in [0, 0.05) is 16.4 Å². The van der Waals surface area contributed by atoms with Crippen molar-refractivity contribution in [2.24, 2.45) is 0 Å². The molecule has 2 heterocycles. The summed E-state index contributed by atoms with van der Waals surface area (Å²) in [7, 11) is -0.473. The lowest BCUT2D eigenvalue weighted by Gasteiger charge is -2.32. The van der Waals surface area contributed by atoms with Crippen LogP contribution in [0, 0.1) is 0 Å². The Morgan fingerprint density at radius 3 is 2.18 bits per heavy atom. The van der Waals surface area contributed by atoms with E-state index in [1.54, 1.807) is 0 Å². The first-order chi connectivity index (χ1) is 10.1. The van der Waals surface area contributed by atoms with Gasteiger partial charge in [-0.25, -0.2) is 0 Å². The molecule has 120 valence electrons. The van der Waals surface area contributed by atoms with Crippen molar-refractivity contribution in [3.05, 3.63) is 23.3 Å². The first kappa shape index (κ1) is 15.8. The topological polar surface area (TPSA) is 47.9 Å². The molecule has 0 bridgehead atoms. The van der Waals surface area contributed by atoms with Gasteiger partial charge in [0.1, 0.15) is 5.75 Å². The molecule has 0 radical (unpaired) electrons. The molecule has 2 aliphatic rings. The molecule has 0 amide bonds. The van der Waals surface area contributed by atoms with Gasteiger partial charge in [0.05, 0.1) is 24.4 Å². The molecule has 22 heavy (non-hydrogen) atoms. The largest absolute Gasteiger partial charge is 0.498 e. The van der Waals surface area contributed by atoms with E-state index >= 15 is 0 Å². The molecule has 0 atom stereocenters. The van der Waals surface area contributed by atoms with Crippen molar-refractivity contribution in [3.63, 3.8) is 0 Å². The predicted molar refractivity (Wildman–Crippen MR) is 86.6 cm³/mol. The quantitative estimate of drug-likeness (QED) is 0.851. The Morgan fingerprint density at radius 1 is 1.05 bits per heavy atom. The minimum atomic E-state index is -0.473. The van der Waals surface area contributed by atoms with E-state index in [0.29, 0.717) is 6.61 Å². The van der Waals surface area contributed by atoms with Crippen LogP contribution in [0.3, 0.4) is 0 Å². The van der Waals surface area contributed by atoms with Gasteiger partial charge in [-0.1, -0.05) is 19.9 Å². The third-order valence-electron chi connectivity index (χ3n) is 5.17. The molecule has 1 aromatic carbocycles. The first-order valence-corrected chi connectivity index (χ1v) is 7.84. The number of ether oxygens (including phenoxy) is 1. The molecule has 5 heteroatoms. The van der Waals surface area contributed by atoms with Crippen LogP contribution in [0.25, 0.3) is 0 Å². The van der Waals surface area contributed by atoms with Crippen molar-refractivity contribution in [3.8, 4) is 5.75 Å². The zero-order valence-electron chi connectivity index (χ0n) is 14.3. The second kappa shape index (κ2) is 4.73. The fourth-order valence-electron chi connectivity index (χ4n) is 2.94. The van der Waals surface area contributed by atoms with Gasteiger partial charge in [-0.05, 0) is 39.3 Å². The van der Waals surface area contributed by atoms with E-state index in [4.69, 9.17) is 14.0 Å². The van der Waals surface area contributed by atoms with Crippen LogP contribution in [0.2, 0.25) is 0 Å². The number of hydrogen-bond acceptors (Lipinski definition) is 4. The van der Waals surface area contributed by atoms with E-state index in [9.17, 15) is 5.11 Å². The van der Waals surface area contributed by atoms with Gasteiger partial charge >= 0.3 is 7.12 Å². The second-order valence-electron chi connectivity index (χ2n) is 7.98. The molecular formula is C17H25BO4. The van der Waals surface area contributed by atoms with Crippen LogP contribution >= 0.6 is 0 Å². The zero-order chi connectivity index (χ0) is 16.3. The number of rotatable bonds is 2. The Labute approximate surface area is 132 Å². The number of aliphatic hydroxyl groups excluding tert-OH is 1. The molecular weight excluding hydrogens is 279 g/mol. The van der Waals surface area contributed by atoms with E-state index in [0.717, 1.165) is 22.3 Å². The van der Waals surface area contributed by atoms with Gasteiger partial charge in [-0.3, -0.25) is 0 Å². The summed E-state index contributed by atoms with van der Waals surface area (Å²) < 4.78 is 18.3. The first-order valence-electron chi connectivity index (χ1n) is 7.84. The van der Waals surface area contributed by atoms with Crippen molar-refractivity contribution in [2.45, 2.75) is 64.8 Å². The highest BCUT2D eigenvalue weighted by atomic mass is 16.7. The van der Waals surface area contributed by atoms with E-state index in [1.165, 1.54) is 0 Å². The SMILES string of the molecule is CC1(C)COc2c(B3OC(C)(C)C(C)(C)O3)cc(CO)cc21. The molecule has 0 saturated carbocycles. The third kappa shape index (κ3) is 2.27. The fraction of sp³-hybridized carbons (Fsp3) is 0.647. The van der Waals surface area contributed by atoms with Gasteiger partial charge in [-0.15, -0.1) is 0 Å². The summed E-state index contributed by atoms with van der Waals surface area (Å²) in [5.41, 5.74) is 2.00. The summed E-state index contributed by atoms with van der Waals surface area (Å²) in [4.78, 5) is 0.